The molecular formula is C7H3BrFIN2. The highest BCUT2D eigenvalue weighted by molar-refractivity contribution is 14.1. The van der Waals surface area contributed by atoms with Gasteiger partial charge in [-0.1, -0.05) is 0 Å². The first-order valence-corrected chi connectivity index (χ1v) is 5.03. The molecule has 0 aliphatic rings. The molecule has 0 atom stereocenters. The van der Waals surface area contributed by atoms with Crippen molar-refractivity contribution in [2.75, 3.05) is 0 Å². The largest absolute Gasteiger partial charge is 0.291 e. The summed E-state index contributed by atoms with van der Waals surface area (Å²) in [7, 11) is 0. The minimum atomic E-state index is -0.313. The molecule has 0 saturated carbocycles. The molecule has 0 N–H and O–H groups in total. The van der Waals surface area contributed by atoms with Crippen molar-refractivity contribution in [3.63, 3.8) is 0 Å². The molecule has 0 radical (unpaired) electrons. The molecule has 0 unspecified atom stereocenters. The second-order valence-electron chi connectivity index (χ2n) is 2.28. The van der Waals surface area contributed by atoms with Crippen LogP contribution in [0.25, 0.3) is 5.65 Å². The Hall–Kier alpha value is -0.170. The number of rotatable bonds is 0. The standard InChI is InChI=1S/C7H3BrFIN2/c8-4-1-5(9)7-11-2-6(10)12(7)3-4/h1-3H. The van der Waals surface area contributed by atoms with Crippen molar-refractivity contribution < 1.29 is 4.39 Å². The van der Waals surface area contributed by atoms with Gasteiger partial charge in [-0.2, -0.15) is 0 Å². The lowest BCUT2D eigenvalue weighted by Crippen LogP contribution is -1.90. The molecule has 0 saturated heterocycles. The van der Waals surface area contributed by atoms with Crippen molar-refractivity contribution in [3.05, 3.63) is 32.5 Å². The van der Waals surface area contributed by atoms with E-state index in [1.54, 1.807) is 16.8 Å². The van der Waals surface area contributed by atoms with Crippen LogP contribution in [-0.4, -0.2) is 9.38 Å². The zero-order valence-electron chi connectivity index (χ0n) is 5.76. The summed E-state index contributed by atoms with van der Waals surface area (Å²) in [4.78, 5) is 3.92. The fourth-order valence-corrected chi connectivity index (χ4v) is 1.90. The van der Waals surface area contributed by atoms with Crippen molar-refractivity contribution in [1.82, 2.24) is 9.38 Å². The zero-order chi connectivity index (χ0) is 8.72. The number of halogens is 3. The van der Waals surface area contributed by atoms with Gasteiger partial charge in [-0.05, 0) is 44.6 Å². The number of fused-ring (bicyclic) bond motifs is 1. The fraction of sp³-hybridized carbons (Fsp3) is 0. The molecule has 0 spiro atoms. The predicted molar refractivity (Wildman–Crippen MR) is 55.6 cm³/mol. The van der Waals surface area contributed by atoms with Crippen LogP contribution in [0.1, 0.15) is 0 Å². The Kier molecular flexibility index (Phi) is 2.07. The van der Waals surface area contributed by atoms with Gasteiger partial charge < -0.3 is 0 Å². The van der Waals surface area contributed by atoms with E-state index in [4.69, 9.17) is 0 Å². The van der Waals surface area contributed by atoms with Gasteiger partial charge >= 0.3 is 0 Å². The molecule has 12 heavy (non-hydrogen) atoms. The molecule has 2 aromatic rings. The topological polar surface area (TPSA) is 17.3 Å². The highest BCUT2D eigenvalue weighted by atomic mass is 127. The fourth-order valence-electron chi connectivity index (χ4n) is 0.986. The lowest BCUT2D eigenvalue weighted by atomic mass is 10.4. The molecule has 62 valence electrons. The van der Waals surface area contributed by atoms with Gasteiger partial charge in [0.15, 0.2) is 11.5 Å². The Morgan fingerprint density at radius 2 is 2.33 bits per heavy atom. The minimum absolute atomic E-state index is 0.313. The Morgan fingerprint density at radius 1 is 1.58 bits per heavy atom. The summed E-state index contributed by atoms with van der Waals surface area (Å²) in [6.45, 7) is 0. The quantitative estimate of drug-likeness (QED) is 0.674. The number of pyridine rings is 1. The first-order valence-electron chi connectivity index (χ1n) is 3.16. The average Bonchev–Trinajstić information content (AvgIpc) is 2.33. The lowest BCUT2D eigenvalue weighted by Gasteiger charge is -1.97. The van der Waals surface area contributed by atoms with Gasteiger partial charge in [0.25, 0.3) is 0 Å². The summed E-state index contributed by atoms with van der Waals surface area (Å²) in [5.74, 6) is -0.313. The van der Waals surface area contributed by atoms with Gasteiger partial charge in [0.05, 0.1) is 6.20 Å². The van der Waals surface area contributed by atoms with Crippen LogP contribution in [0.5, 0.6) is 0 Å². The van der Waals surface area contributed by atoms with Crippen molar-refractivity contribution >= 4 is 44.2 Å². The second-order valence-corrected chi connectivity index (χ2v) is 4.30. The highest BCUT2D eigenvalue weighted by Gasteiger charge is 2.06. The molecule has 2 rings (SSSR count). The van der Waals surface area contributed by atoms with Crippen LogP contribution in [0.15, 0.2) is 22.9 Å². The summed E-state index contributed by atoms with van der Waals surface area (Å²) < 4.78 is 16.4. The van der Waals surface area contributed by atoms with E-state index in [0.717, 1.165) is 3.70 Å². The molecule has 0 bridgehead atoms. The third-order valence-electron chi connectivity index (χ3n) is 1.48. The molecule has 2 nitrogen and oxygen atoms in total. The summed E-state index contributed by atoms with van der Waals surface area (Å²) in [6, 6.07) is 1.40. The maximum atomic E-state index is 13.1. The molecule has 2 heterocycles. The molecule has 0 aliphatic heterocycles. The van der Waals surface area contributed by atoms with Crippen LogP contribution in [0.2, 0.25) is 0 Å². The molecular weight excluding hydrogens is 338 g/mol. The number of hydrogen-bond acceptors (Lipinski definition) is 1. The first-order chi connectivity index (χ1) is 5.68. The van der Waals surface area contributed by atoms with E-state index in [-0.39, 0.29) is 5.82 Å². The second kappa shape index (κ2) is 2.95. The van der Waals surface area contributed by atoms with Gasteiger partial charge in [0.1, 0.15) is 3.70 Å². The van der Waals surface area contributed by atoms with E-state index in [0.29, 0.717) is 10.1 Å². The van der Waals surface area contributed by atoms with Crippen molar-refractivity contribution in [3.8, 4) is 0 Å². The van der Waals surface area contributed by atoms with Gasteiger partial charge in [-0.25, -0.2) is 9.37 Å². The average molecular weight is 341 g/mol. The summed E-state index contributed by atoms with van der Waals surface area (Å²) in [6.07, 6.45) is 3.42. The number of imidazole rings is 1. The van der Waals surface area contributed by atoms with E-state index in [1.807, 2.05) is 0 Å². The molecule has 0 aliphatic carbocycles. The molecule has 2 aromatic heterocycles. The monoisotopic (exact) mass is 340 g/mol. The molecule has 0 aromatic carbocycles. The van der Waals surface area contributed by atoms with Crippen LogP contribution in [0, 0.1) is 9.52 Å². The summed E-state index contributed by atoms with van der Waals surface area (Å²) in [5, 5.41) is 0. The number of aromatic nitrogens is 2. The smallest absolute Gasteiger partial charge is 0.174 e. The van der Waals surface area contributed by atoms with E-state index in [1.165, 1.54) is 6.07 Å². The van der Waals surface area contributed by atoms with Crippen molar-refractivity contribution in [2.45, 2.75) is 0 Å². The first kappa shape index (κ1) is 8.43. The van der Waals surface area contributed by atoms with Crippen LogP contribution < -0.4 is 0 Å². The zero-order valence-corrected chi connectivity index (χ0v) is 9.50. The molecule has 5 heteroatoms. The Balaban J connectivity index is 2.92. The van der Waals surface area contributed by atoms with Gasteiger partial charge in [0.2, 0.25) is 0 Å². The predicted octanol–water partition coefficient (Wildman–Crippen LogP) is 2.84. The van der Waals surface area contributed by atoms with Crippen LogP contribution in [0.3, 0.4) is 0 Å². The van der Waals surface area contributed by atoms with E-state index < -0.39 is 0 Å². The van der Waals surface area contributed by atoms with Crippen LogP contribution >= 0.6 is 38.5 Å². The van der Waals surface area contributed by atoms with E-state index in [9.17, 15) is 4.39 Å². The molecule has 0 fully saturated rings. The Morgan fingerprint density at radius 3 is 3.08 bits per heavy atom. The summed E-state index contributed by atoms with van der Waals surface area (Å²) in [5.41, 5.74) is 0.364. The van der Waals surface area contributed by atoms with Gasteiger partial charge in [0, 0.05) is 10.7 Å². The lowest BCUT2D eigenvalue weighted by molar-refractivity contribution is 0.628. The third-order valence-corrected chi connectivity index (χ3v) is 2.71. The van der Waals surface area contributed by atoms with Crippen molar-refractivity contribution in [2.24, 2.45) is 0 Å². The highest BCUT2D eigenvalue weighted by Crippen LogP contribution is 2.17. The maximum absolute atomic E-state index is 13.1. The van der Waals surface area contributed by atoms with Crippen LogP contribution in [0.4, 0.5) is 4.39 Å². The van der Waals surface area contributed by atoms with Gasteiger partial charge in [-0.3, -0.25) is 4.40 Å². The van der Waals surface area contributed by atoms with Crippen LogP contribution in [-0.2, 0) is 0 Å². The maximum Gasteiger partial charge on any atom is 0.174 e. The molecule has 0 amide bonds. The number of nitrogens with zero attached hydrogens (tertiary/aromatic N) is 2. The van der Waals surface area contributed by atoms with Gasteiger partial charge in [-0.15, -0.1) is 0 Å². The minimum Gasteiger partial charge on any atom is -0.291 e. The van der Waals surface area contributed by atoms with Crippen molar-refractivity contribution in [1.29, 1.82) is 0 Å². The Labute approximate surface area is 90.1 Å². The normalized spacial score (nSPS) is 10.9. The van der Waals surface area contributed by atoms with E-state index >= 15 is 0 Å². The number of hydrogen-bond donors (Lipinski definition) is 0. The third kappa shape index (κ3) is 1.24. The summed E-state index contributed by atoms with van der Waals surface area (Å²) >= 11 is 5.31. The SMILES string of the molecule is Fc1cc(Br)cn2c(I)cnc12. The van der Waals surface area contributed by atoms with E-state index in [2.05, 4.69) is 43.5 Å². The Bertz CT molecular complexity index is 440.